The van der Waals surface area contributed by atoms with Crippen LogP contribution in [0.4, 0.5) is 5.69 Å². The van der Waals surface area contributed by atoms with Gasteiger partial charge in [-0.3, -0.25) is 13.9 Å². The number of rotatable bonds is 13. The zero-order valence-corrected chi connectivity index (χ0v) is 28.3. The molecule has 1 fully saturated rings. The van der Waals surface area contributed by atoms with Gasteiger partial charge < -0.3 is 15.0 Å². The average Bonchev–Trinajstić information content (AvgIpc) is 3.59. The van der Waals surface area contributed by atoms with Crippen LogP contribution in [-0.2, 0) is 32.6 Å². The minimum atomic E-state index is -4.23. The van der Waals surface area contributed by atoms with E-state index >= 15 is 0 Å². The zero-order chi connectivity index (χ0) is 33.4. The second-order valence-electron chi connectivity index (χ2n) is 11.5. The van der Waals surface area contributed by atoms with Crippen LogP contribution in [0.25, 0.3) is 0 Å². The molecule has 1 aliphatic carbocycles. The lowest BCUT2D eigenvalue weighted by molar-refractivity contribution is -0.140. The van der Waals surface area contributed by atoms with Crippen LogP contribution in [0.1, 0.15) is 36.8 Å². The van der Waals surface area contributed by atoms with Crippen LogP contribution in [0.5, 0.6) is 5.75 Å². The summed E-state index contributed by atoms with van der Waals surface area (Å²) in [4.78, 5) is 30.2. The number of carbonyl (C=O) groups excluding carboxylic acids is 2. The van der Waals surface area contributed by atoms with Gasteiger partial charge in [0, 0.05) is 35.1 Å². The number of methoxy groups -OCH3 is 1. The van der Waals surface area contributed by atoms with Crippen molar-refractivity contribution < 1.29 is 22.7 Å². The Morgan fingerprint density at radius 1 is 0.894 bits per heavy atom. The summed E-state index contributed by atoms with van der Waals surface area (Å²) in [5, 5.41) is 3.92. The third kappa shape index (κ3) is 8.66. The topological polar surface area (TPSA) is 96.0 Å². The van der Waals surface area contributed by atoms with Crippen molar-refractivity contribution in [1.82, 2.24) is 10.2 Å². The average molecular weight is 695 g/mol. The SMILES string of the molecule is COc1cccc(N(CC(=O)N(Cc2ccc(Cl)cc2Cl)C(Cc2ccccc2)C(=O)NC2CCCC2)S(=O)(=O)c2ccccc2)c1. The van der Waals surface area contributed by atoms with Gasteiger partial charge in [-0.25, -0.2) is 8.42 Å². The number of amides is 2. The first-order valence-corrected chi connectivity index (χ1v) is 17.6. The van der Waals surface area contributed by atoms with E-state index in [0.717, 1.165) is 35.6 Å². The Bertz CT molecular complexity index is 1790. The molecule has 5 rings (SSSR count). The summed E-state index contributed by atoms with van der Waals surface area (Å²) in [6, 6.07) is 27.8. The summed E-state index contributed by atoms with van der Waals surface area (Å²) in [5.41, 5.74) is 1.65. The van der Waals surface area contributed by atoms with E-state index in [1.165, 1.54) is 24.1 Å². The quantitative estimate of drug-likeness (QED) is 0.164. The molecular formula is C36H37Cl2N3O5S. The number of hydrogen-bond donors (Lipinski definition) is 1. The summed E-state index contributed by atoms with van der Waals surface area (Å²) < 4.78 is 34.8. The Hall–Kier alpha value is -4.05. The Labute approximate surface area is 286 Å². The fourth-order valence-corrected chi connectivity index (χ4v) is 7.66. The molecule has 0 bridgehead atoms. The van der Waals surface area contributed by atoms with Gasteiger partial charge in [-0.2, -0.15) is 0 Å². The summed E-state index contributed by atoms with van der Waals surface area (Å²) in [6.45, 7) is -0.640. The lowest BCUT2D eigenvalue weighted by atomic mass is 10.0. The maximum Gasteiger partial charge on any atom is 0.264 e. The van der Waals surface area contributed by atoms with E-state index in [4.69, 9.17) is 27.9 Å². The molecule has 4 aromatic carbocycles. The molecule has 47 heavy (non-hydrogen) atoms. The van der Waals surface area contributed by atoms with Gasteiger partial charge >= 0.3 is 0 Å². The van der Waals surface area contributed by atoms with Gasteiger partial charge in [-0.1, -0.05) is 96.7 Å². The maximum atomic E-state index is 14.7. The number of ether oxygens (including phenoxy) is 1. The molecule has 0 saturated heterocycles. The van der Waals surface area contributed by atoms with Crippen molar-refractivity contribution >= 4 is 50.7 Å². The normalized spacial score (nSPS) is 13.9. The van der Waals surface area contributed by atoms with Crippen molar-refractivity contribution in [3.8, 4) is 5.75 Å². The second-order valence-corrected chi connectivity index (χ2v) is 14.2. The summed E-state index contributed by atoms with van der Waals surface area (Å²) in [6.07, 6.45) is 3.97. The molecule has 4 aromatic rings. The number of anilines is 1. The van der Waals surface area contributed by atoms with E-state index in [2.05, 4.69) is 5.32 Å². The van der Waals surface area contributed by atoms with Gasteiger partial charge in [0.25, 0.3) is 10.0 Å². The van der Waals surface area contributed by atoms with Crippen molar-refractivity contribution in [2.45, 2.75) is 55.6 Å². The predicted octanol–water partition coefficient (Wildman–Crippen LogP) is 6.90. The van der Waals surface area contributed by atoms with Gasteiger partial charge in [0.05, 0.1) is 17.7 Å². The first-order valence-electron chi connectivity index (χ1n) is 15.5. The predicted molar refractivity (Wildman–Crippen MR) is 185 cm³/mol. The monoisotopic (exact) mass is 693 g/mol. The van der Waals surface area contributed by atoms with Crippen molar-refractivity contribution in [2.75, 3.05) is 18.0 Å². The number of benzene rings is 4. The summed E-state index contributed by atoms with van der Waals surface area (Å²) in [7, 11) is -2.75. The van der Waals surface area contributed by atoms with Gasteiger partial charge in [-0.05, 0) is 60.4 Å². The van der Waals surface area contributed by atoms with Crippen LogP contribution in [0, 0.1) is 0 Å². The number of halogens is 2. The molecule has 0 aliphatic heterocycles. The molecule has 1 aliphatic rings. The molecule has 11 heteroatoms. The minimum absolute atomic E-state index is 0.00332. The highest BCUT2D eigenvalue weighted by Gasteiger charge is 2.36. The molecule has 2 amide bonds. The highest BCUT2D eigenvalue weighted by atomic mass is 35.5. The molecule has 1 unspecified atom stereocenters. The van der Waals surface area contributed by atoms with Gasteiger partial charge in [0.2, 0.25) is 11.8 Å². The fourth-order valence-electron chi connectivity index (χ4n) is 5.77. The number of nitrogens with one attached hydrogen (secondary N) is 1. The number of nitrogens with zero attached hydrogens (tertiary/aromatic N) is 2. The Kier molecular flexibility index (Phi) is 11.4. The van der Waals surface area contributed by atoms with Gasteiger partial charge in [0.1, 0.15) is 18.3 Å². The van der Waals surface area contributed by atoms with E-state index in [-0.39, 0.29) is 35.5 Å². The van der Waals surface area contributed by atoms with Gasteiger partial charge in [-0.15, -0.1) is 0 Å². The van der Waals surface area contributed by atoms with E-state index in [1.54, 1.807) is 60.7 Å². The number of sulfonamides is 1. The van der Waals surface area contributed by atoms with E-state index in [0.29, 0.717) is 21.4 Å². The van der Waals surface area contributed by atoms with Crippen LogP contribution in [0.3, 0.4) is 0 Å². The zero-order valence-electron chi connectivity index (χ0n) is 26.0. The van der Waals surface area contributed by atoms with Crippen LogP contribution in [-0.4, -0.2) is 50.9 Å². The molecule has 1 atom stereocenters. The molecule has 1 N–H and O–H groups in total. The Morgan fingerprint density at radius 3 is 2.23 bits per heavy atom. The lowest BCUT2D eigenvalue weighted by Gasteiger charge is -2.34. The highest BCUT2D eigenvalue weighted by molar-refractivity contribution is 7.92. The minimum Gasteiger partial charge on any atom is -0.497 e. The molecule has 246 valence electrons. The smallest absolute Gasteiger partial charge is 0.264 e. The Morgan fingerprint density at radius 2 is 1.57 bits per heavy atom. The molecule has 1 saturated carbocycles. The van der Waals surface area contributed by atoms with Gasteiger partial charge in [0.15, 0.2) is 0 Å². The third-order valence-corrected chi connectivity index (χ3v) is 10.7. The summed E-state index contributed by atoms with van der Waals surface area (Å²) >= 11 is 12.8. The summed E-state index contributed by atoms with van der Waals surface area (Å²) in [5.74, 6) is -0.468. The van der Waals surface area contributed by atoms with E-state index in [1.807, 2.05) is 30.3 Å². The molecule has 8 nitrogen and oxygen atoms in total. The molecule has 0 spiro atoms. The van der Waals surface area contributed by atoms with Crippen molar-refractivity contribution in [3.05, 3.63) is 124 Å². The highest BCUT2D eigenvalue weighted by Crippen LogP contribution is 2.29. The molecule has 0 aromatic heterocycles. The number of hydrogen-bond acceptors (Lipinski definition) is 5. The second kappa shape index (κ2) is 15.7. The largest absolute Gasteiger partial charge is 0.497 e. The third-order valence-electron chi connectivity index (χ3n) is 8.28. The van der Waals surface area contributed by atoms with Crippen molar-refractivity contribution in [1.29, 1.82) is 0 Å². The van der Waals surface area contributed by atoms with Crippen LogP contribution < -0.4 is 14.4 Å². The van der Waals surface area contributed by atoms with Crippen LogP contribution >= 0.6 is 23.2 Å². The fraction of sp³-hybridized carbons (Fsp3) is 0.278. The number of carbonyl (C=O) groups is 2. The molecule has 0 radical (unpaired) electrons. The van der Waals surface area contributed by atoms with Crippen LogP contribution in [0.15, 0.2) is 108 Å². The van der Waals surface area contributed by atoms with E-state index in [9.17, 15) is 18.0 Å². The van der Waals surface area contributed by atoms with Crippen molar-refractivity contribution in [3.63, 3.8) is 0 Å². The molecule has 0 heterocycles. The van der Waals surface area contributed by atoms with Crippen molar-refractivity contribution in [2.24, 2.45) is 0 Å². The molecular weight excluding hydrogens is 657 g/mol. The first-order chi connectivity index (χ1) is 22.7. The maximum absolute atomic E-state index is 14.7. The Balaban J connectivity index is 1.59. The first kappa shape index (κ1) is 34.3. The van der Waals surface area contributed by atoms with E-state index < -0.39 is 28.5 Å². The standard InChI is InChI=1S/C36H37Cl2N3O5S/c1-46-31-16-10-15-30(23-31)41(47(44,45)32-17-6-3-7-18-32)25-35(42)40(24-27-19-20-28(37)22-33(27)38)34(21-26-11-4-2-5-12-26)36(43)39-29-13-8-9-14-29/h2-7,10-12,15-20,22-23,29,34H,8-9,13-14,21,24-25H2,1H3,(H,39,43). The van der Waals surface area contributed by atoms with Crippen LogP contribution in [0.2, 0.25) is 10.0 Å². The lowest BCUT2D eigenvalue weighted by Crippen LogP contribution is -2.54.